The highest BCUT2D eigenvalue weighted by atomic mass is 79.9. The third kappa shape index (κ3) is 4.63. The number of nitrogens with two attached hydrogens (primary N) is 2. The van der Waals surface area contributed by atoms with Crippen molar-refractivity contribution in [2.45, 2.75) is 19.8 Å². The van der Waals surface area contributed by atoms with Gasteiger partial charge in [0.15, 0.2) is 18.1 Å². The lowest BCUT2D eigenvalue weighted by atomic mass is 9.83. The number of benzene rings is 1. The number of methoxy groups -OCH3 is 1. The van der Waals surface area contributed by atoms with Crippen molar-refractivity contribution >= 4 is 27.8 Å². The fourth-order valence-electron chi connectivity index (χ4n) is 2.88. The molecule has 29 heavy (non-hydrogen) atoms. The molecule has 0 saturated carbocycles. The van der Waals surface area contributed by atoms with E-state index in [1.165, 1.54) is 7.11 Å². The summed E-state index contributed by atoms with van der Waals surface area (Å²) in [7, 11) is 1.41. The molecule has 1 atom stereocenters. The van der Waals surface area contributed by atoms with Gasteiger partial charge >= 0.3 is 5.97 Å². The van der Waals surface area contributed by atoms with E-state index in [1.807, 2.05) is 6.07 Å². The lowest BCUT2D eigenvalue weighted by Gasteiger charge is -2.27. The van der Waals surface area contributed by atoms with Crippen molar-refractivity contribution in [1.29, 1.82) is 5.26 Å². The van der Waals surface area contributed by atoms with Crippen molar-refractivity contribution in [2.75, 3.05) is 20.3 Å². The smallest absolute Gasteiger partial charge is 0.338 e. The Balaban J connectivity index is 2.65. The van der Waals surface area contributed by atoms with Crippen molar-refractivity contribution < 1.29 is 28.5 Å². The molecular weight excluding hydrogens is 446 g/mol. The predicted molar refractivity (Wildman–Crippen MR) is 105 cm³/mol. The fourth-order valence-corrected chi connectivity index (χ4v) is 3.45. The first kappa shape index (κ1) is 22.1. The minimum atomic E-state index is -0.844. The van der Waals surface area contributed by atoms with E-state index in [0.29, 0.717) is 10.0 Å². The Bertz CT molecular complexity index is 948. The molecule has 0 fully saturated rings. The molecule has 1 aliphatic rings. The van der Waals surface area contributed by atoms with Gasteiger partial charge in [0, 0.05) is 0 Å². The molecule has 1 unspecified atom stereocenters. The molecule has 0 spiro atoms. The highest BCUT2D eigenvalue weighted by molar-refractivity contribution is 9.10. The maximum atomic E-state index is 12.6. The molecule has 1 aliphatic heterocycles. The number of rotatable bonds is 7. The number of primary amides is 1. The van der Waals surface area contributed by atoms with Crippen LogP contribution in [0.3, 0.4) is 0 Å². The van der Waals surface area contributed by atoms with Gasteiger partial charge in [-0.15, -0.1) is 0 Å². The largest absolute Gasteiger partial charge is 0.493 e. The molecule has 0 radical (unpaired) electrons. The van der Waals surface area contributed by atoms with Crippen molar-refractivity contribution in [3.63, 3.8) is 0 Å². The zero-order chi connectivity index (χ0) is 21.7. The van der Waals surface area contributed by atoms with Gasteiger partial charge in [-0.3, -0.25) is 4.79 Å². The Morgan fingerprint density at radius 3 is 2.62 bits per heavy atom. The van der Waals surface area contributed by atoms with Crippen LogP contribution < -0.4 is 20.9 Å². The Labute approximate surface area is 176 Å². The molecule has 9 nitrogen and oxygen atoms in total. The SMILES string of the molecule is CCOC(=O)C1=C(C)OC(N)=C(C#N)C1c1cc(Br)c(OCC(N)=O)c(OC)c1. The third-order valence-corrected chi connectivity index (χ3v) is 4.63. The monoisotopic (exact) mass is 465 g/mol. The maximum Gasteiger partial charge on any atom is 0.338 e. The number of amides is 1. The first-order chi connectivity index (χ1) is 13.7. The van der Waals surface area contributed by atoms with Crippen LogP contribution in [-0.2, 0) is 19.1 Å². The van der Waals surface area contributed by atoms with Crippen molar-refractivity contribution in [2.24, 2.45) is 11.5 Å². The first-order valence-electron chi connectivity index (χ1n) is 8.49. The first-order valence-corrected chi connectivity index (χ1v) is 9.28. The van der Waals surface area contributed by atoms with E-state index in [2.05, 4.69) is 15.9 Å². The van der Waals surface area contributed by atoms with E-state index >= 15 is 0 Å². The minimum absolute atomic E-state index is 0.0541. The standard InChI is InChI=1S/C19H20BrN3O6/c1-4-27-19(25)15-9(2)29-18(23)11(7-21)16(15)10-5-12(20)17(13(6-10)26-3)28-8-14(22)24/h5-6,16H,4,8,23H2,1-3H3,(H2,22,24). The topological polar surface area (TPSA) is 147 Å². The average molecular weight is 466 g/mol. The van der Waals surface area contributed by atoms with Gasteiger partial charge in [-0.25, -0.2) is 4.79 Å². The Morgan fingerprint density at radius 2 is 2.07 bits per heavy atom. The summed E-state index contributed by atoms with van der Waals surface area (Å²) in [6.07, 6.45) is 0. The van der Waals surface area contributed by atoms with Crippen molar-refractivity contribution in [3.05, 3.63) is 45.0 Å². The van der Waals surface area contributed by atoms with Gasteiger partial charge in [0.2, 0.25) is 5.88 Å². The molecule has 1 heterocycles. The van der Waals surface area contributed by atoms with Gasteiger partial charge in [-0.2, -0.15) is 5.26 Å². The molecule has 0 saturated heterocycles. The lowest BCUT2D eigenvalue weighted by molar-refractivity contribution is -0.139. The molecule has 1 amide bonds. The third-order valence-electron chi connectivity index (χ3n) is 4.04. The number of nitriles is 1. The van der Waals surface area contributed by atoms with Gasteiger partial charge in [0.05, 0.1) is 29.7 Å². The number of esters is 1. The highest BCUT2D eigenvalue weighted by Crippen LogP contribution is 2.45. The zero-order valence-electron chi connectivity index (χ0n) is 16.1. The summed E-state index contributed by atoms with van der Waals surface area (Å²) in [5.41, 5.74) is 11.7. The van der Waals surface area contributed by atoms with E-state index in [4.69, 9.17) is 30.4 Å². The van der Waals surface area contributed by atoms with Crippen LogP contribution in [0.4, 0.5) is 0 Å². The fraction of sp³-hybridized carbons (Fsp3) is 0.316. The molecule has 0 aromatic heterocycles. The van der Waals surface area contributed by atoms with Gasteiger partial charge in [0.25, 0.3) is 5.91 Å². The van der Waals surface area contributed by atoms with E-state index in [0.717, 1.165) is 0 Å². The van der Waals surface area contributed by atoms with Gasteiger partial charge in [-0.05, 0) is 47.5 Å². The molecule has 2 rings (SSSR count). The van der Waals surface area contributed by atoms with Crippen LogP contribution in [0.15, 0.2) is 39.4 Å². The van der Waals surface area contributed by atoms with E-state index in [-0.39, 0.29) is 47.5 Å². The highest BCUT2D eigenvalue weighted by Gasteiger charge is 2.37. The number of carbonyl (C=O) groups excluding carboxylic acids is 2. The number of carbonyl (C=O) groups is 2. The number of nitrogens with zero attached hydrogens (tertiary/aromatic N) is 1. The zero-order valence-corrected chi connectivity index (χ0v) is 17.7. The second kappa shape index (κ2) is 9.34. The minimum Gasteiger partial charge on any atom is -0.493 e. The Hall–Kier alpha value is -3.19. The van der Waals surface area contributed by atoms with Crippen molar-refractivity contribution in [3.8, 4) is 17.6 Å². The van der Waals surface area contributed by atoms with Crippen LogP contribution in [0, 0.1) is 11.3 Å². The second-order valence-corrected chi connectivity index (χ2v) is 6.76. The van der Waals surface area contributed by atoms with Crippen LogP contribution in [-0.4, -0.2) is 32.2 Å². The summed E-state index contributed by atoms with van der Waals surface area (Å²) in [5, 5.41) is 9.64. The van der Waals surface area contributed by atoms with Crippen LogP contribution in [0.1, 0.15) is 25.3 Å². The van der Waals surface area contributed by atoms with E-state index < -0.39 is 17.8 Å². The number of hydrogen-bond donors (Lipinski definition) is 2. The molecule has 0 aliphatic carbocycles. The van der Waals surface area contributed by atoms with Crippen LogP contribution in [0.25, 0.3) is 0 Å². The normalized spacial score (nSPS) is 16.0. The quantitative estimate of drug-likeness (QED) is 0.580. The lowest BCUT2D eigenvalue weighted by Crippen LogP contribution is -2.25. The second-order valence-electron chi connectivity index (χ2n) is 5.90. The Kier molecular flexibility index (Phi) is 7.12. The summed E-state index contributed by atoms with van der Waals surface area (Å²) in [4.78, 5) is 23.6. The van der Waals surface area contributed by atoms with Crippen molar-refractivity contribution in [1.82, 2.24) is 0 Å². The molecule has 4 N–H and O–H groups in total. The molecular formula is C19H20BrN3O6. The van der Waals surface area contributed by atoms with Crippen LogP contribution >= 0.6 is 15.9 Å². The molecule has 0 bridgehead atoms. The Morgan fingerprint density at radius 1 is 1.38 bits per heavy atom. The van der Waals surface area contributed by atoms with Gasteiger partial charge < -0.3 is 30.4 Å². The van der Waals surface area contributed by atoms with E-state index in [9.17, 15) is 14.9 Å². The molecule has 10 heteroatoms. The van der Waals surface area contributed by atoms with Crippen LogP contribution in [0.5, 0.6) is 11.5 Å². The maximum absolute atomic E-state index is 12.6. The summed E-state index contributed by atoms with van der Waals surface area (Å²) >= 11 is 3.36. The number of halogens is 1. The molecule has 1 aromatic rings. The van der Waals surface area contributed by atoms with Gasteiger partial charge in [-0.1, -0.05) is 0 Å². The molecule has 154 valence electrons. The summed E-state index contributed by atoms with van der Waals surface area (Å²) in [5.74, 6) is -1.49. The average Bonchev–Trinajstić information content (AvgIpc) is 2.65. The summed E-state index contributed by atoms with van der Waals surface area (Å²) in [6, 6.07) is 5.21. The molecule has 1 aromatic carbocycles. The number of hydrogen-bond acceptors (Lipinski definition) is 8. The van der Waals surface area contributed by atoms with E-state index in [1.54, 1.807) is 26.0 Å². The summed E-state index contributed by atoms with van der Waals surface area (Å²) in [6.45, 7) is 3.04. The predicted octanol–water partition coefficient (Wildman–Crippen LogP) is 1.97. The summed E-state index contributed by atoms with van der Waals surface area (Å²) < 4.78 is 21.7. The van der Waals surface area contributed by atoms with Gasteiger partial charge in [0.1, 0.15) is 17.4 Å². The number of allylic oxidation sites excluding steroid dienone is 2. The van der Waals surface area contributed by atoms with Crippen LogP contribution in [0.2, 0.25) is 0 Å². The number of ether oxygens (including phenoxy) is 4.